The van der Waals surface area contributed by atoms with E-state index in [4.69, 9.17) is 0 Å². The van der Waals surface area contributed by atoms with Crippen molar-refractivity contribution in [2.24, 2.45) is 0 Å². The van der Waals surface area contributed by atoms with Crippen LogP contribution in [0.2, 0.25) is 0 Å². The summed E-state index contributed by atoms with van der Waals surface area (Å²) in [5.41, 5.74) is 15.8. The molecule has 0 saturated heterocycles. The monoisotopic (exact) mass is 716 g/mol. The molecule has 56 heavy (non-hydrogen) atoms. The lowest BCUT2D eigenvalue weighted by Crippen LogP contribution is -2.24. The minimum atomic E-state index is 1.12. The van der Waals surface area contributed by atoms with Crippen LogP contribution in [0, 0.1) is 0 Å². The van der Waals surface area contributed by atoms with E-state index < -0.39 is 0 Å². The third-order valence-corrected chi connectivity index (χ3v) is 11.0. The number of hydrogen-bond acceptors (Lipinski definition) is 4. The highest BCUT2D eigenvalue weighted by Crippen LogP contribution is 2.57. The third kappa shape index (κ3) is 5.08. The molecule has 4 heteroatoms. The molecule has 0 spiro atoms. The van der Waals surface area contributed by atoms with Gasteiger partial charge in [0.25, 0.3) is 0 Å². The van der Waals surface area contributed by atoms with E-state index in [9.17, 15) is 0 Å². The summed E-state index contributed by atoms with van der Waals surface area (Å²) in [6.07, 6.45) is 0. The van der Waals surface area contributed by atoms with Crippen LogP contribution in [0.5, 0.6) is 0 Å². The summed E-state index contributed by atoms with van der Waals surface area (Å²) in [6.45, 7) is 0. The molecule has 0 N–H and O–H groups in total. The first-order chi connectivity index (χ1) is 27.8. The maximum Gasteiger partial charge on any atom is 0.0709 e. The fourth-order valence-corrected chi connectivity index (χ4v) is 8.57. The molecule has 0 amide bonds. The molecule has 0 fully saturated rings. The summed E-state index contributed by atoms with van der Waals surface area (Å²) in [7, 11) is 0. The van der Waals surface area contributed by atoms with E-state index >= 15 is 0 Å². The fraction of sp³-hybridized carbons (Fsp3) is 0. The van der Waals surface area contributed by atoms with Gasteiger partial charge in [-0.25, -0.2) is 0 Å². The third-order valence-electron chi connectivity index (χ3n) is 11.0. The second-order valence-electron chi connectivity index (χ2n) is 14.2. The average Bonchev–Trinajstić information content (AvgIpc) is 3.27. The number of rotatable bonds is 5. The summed E-state index contributed by atoms with van der Waals surface area (Å²) in [4.78, 5) is 9.64. The van der Waals surface area contributed by atoms with Crippen molar-refractivity contribution in [2.45, 2.75) is 0 Å². The fourth-order valence-electron chi connectivity index (χ4n) is 8.57. The van der Waals surface area contributed by atoms with Crippen LogP contribution in [0.1, 0.15) is 0 Å². The number of nitrogens with zero attached hydrogens (tertiary/aromatic N) is 4. The number of para-hydroxylation sites is 7. The summed E-state index contributed by atoms with van der Waals surface area (Å²) in [5.74, 6) is 0. The van der Waals surface area contributed by atoms with Crippen LogP contribution in [-0.4, -0.2) is 0 Å². The van der Waals surface area contributed by atoms with Crippen LogP contribution >= 0.6 is 0 Å². The van der Waals surface area contributed by atoms with Gasteiger partial charge in [0.2, 0.25) is 0 Å². The van der Waals surface area contributed by atoms with E-state index in [2.05, 4.69) is 238 Å². The Morgan fingerprint density at radius 1 is 0.214 bits per heavy atom. The van der Waals surface area contributed by atoms with Gasteiger partial charge in [0.15, 0.2) is 0 Å². The smallest absolute Gasteiger partial charge is 0.0709 e. The summed E-state index contributed by atoms with van der Waals surface area (Å²) >= 11 is 0. The van der Waals surface area contributed by atoms with Gasteiger partial charge in [0.05, 0.1) is 51.2 Å². The molecule has 9 aromatic carbocycles. The normalized spacial score (nSPS) is 12.9. The van der Waals surface area contributed by atoms with E-state index in [1.54, 1.807) is 0 Å². The van der Waals surface area contributed by atoms with Crippen LogP contribution in [0.15, 0.2) is 218 Å². The topological polar surface area (TPSA) is 13.0 Å². The minimum Gasteiger partial charge on any atom is -0.306 e. The SMILES string of the molecule is c1ccc(N2c3ccccc3N(c3ccccc3)c3cc(-c4ccc5c(c4)N(c4ccccc4)c4ccccc4N5c4cccc5ccccc45)ccc32)cc1. The quantitative estimate of drug-likeness (QED) is 0.176. The van der Waals surface area contributed by atoms with Crippen molar-refractivity contribution in [2.75, 3.05) is 19.6 Å². The molecule has 264 valence electrons. The molecule has 0 unspecified atom stereocenters. The Morgan fingerprint density at radius 3 is 1.05 bits per heavy atom. The molecule has 0 aromatic heterocycles. The zero-order valence-electron chi connectivity index (χ0n) is 30.6. The van der Waals surface area contributed by atoms with Crippen molar-refractivity contribution in [1.29, 1.82) is 0 Å². The van der Waals surface area contributed by atoms with Gasteiger partial charge in [0, 0.05) is 22.4 Å². The highest BCUT2D eigenvalue weighted by molar-refractivity contribution is 6.08. The zero-order chi connectivity index (χ0) is 37.0. The standard InChI is InChI=1S/C52H36N4/c1-4-19-40(20-5-1)53-45-26-12-13-27-46(45)54(41-21-6-2-7-22-41)51-35-38(31-33-49(51)53)39-32-34-50-52(36-39)55(42-23-8-3-9-24-42)47-28-14-15-29-48(47)56(50)44-30-16-18-37-17-10-11-25-43(37)44/h1-36H. The predicted molar refractivity (Wildman–Crippen MR) is 235 cm³/mol. The molecule has 0 radical (unpaired) electrons. The molecule has 4 nitrogen and oxygen atoms in total. The van der Waals surface area contributed by atoms with Gasteiger partial charge < -0.3 is 19.6 Å². The Morgan fingerprint density at radius 2 is 0.554 bits per heavy atom. The lowest BCUT2D eigenvalue weighted by atomic mass is 9.96. The number of anilines is 12. The Bertz CT molecular complexity index is 2880. The van der Waals surface area contributed by atoms with E-state index in [-0.39, 0.29) is 0 Å². The maximum atomic E-state index is 2.44. The van der Waals surface area contributed by atoms with Gasteiger partial charge in [-0.15, -0.1) is 0 Å². The summed E-state index contributed by atoms with van der Waals surface area (Å²) in [5, 5.41) is 2.43. The van der Waals surface area contributed by atoms with E-state index in [0.29, 0.717) is 0 Å². The van der Waals surface area contributed by atoms with Gasteiger partial charge in [0.1, 0.15) is 0 Å². The molecule has 2 aliphatic heterocycles. The molecular formula is C52H36N4. The Hall–Kier alpha value is -7.56. The van der Waals surface area contributed by atoms with Crippen LogP contribution in [0.4, 0.5) is 68.2 Å². The molecule has 0 atom stereocenters. The predicted octanol–water partition coefficient (Wildman–Crippen LogP) is 15.0. The van der Waals surface area contributed by atoms with Crippen molar-refractivity contribution in [1.82, 2.24) is 0 Å². The maximum absolute atomic E-state index is 2.44. The van der Waals surface area contributed by atoms with Crippen molar-refractivity contribution < 1.29 is 0 Å². The van der Waals surface area contributed by atoms with Crippen molar-refractivity contribution in [3.05, 3.63) is 218 Å². The first-order valence-corrected chi connectivity index (χ1v) is 19.1. The van der Waals surface area contributed by atoms with Crippen LogP contribution in [0.3, 0.4) is 0 Å². The summed E-state index contributed by atoms with van der Waals surface area (Å²) in [6, 6.07) is 78.7. The van der Waals surface area contributed by atoms with Crippen molar-refractivity contribution in [3.63, 3.8) is 0 Å². The van der Waals surface area contributed by atoms with Crippen LogP contribution < -0.4 is 19.6 Å². The Balaban J connectivity index is 1.13. The van der Waals surface area contributed by atoms with Gasteiger partial charge in [-0.3, -0.25) is 0 Å². The molecule has 0 aliphatic carbocycles. The molecule has 0 saturated carbocycles. The van der Waals surface area contributed by atoms with E-state index in [1.165, 1.54) is 10.8 Å². The molecule has 9 aromatic rings. The lowest BCUT2D eigenvalue weighted by Gasteiger charge is -2.41. The Labute approximate surface area is 327 Å². The molecule has 2 heterocycles. The molecule has 0 bridgehead atoms. The highest BCUT2D eigenvalue weighted by atomic mass is 15.3. The van der Waals surface area contributed by atoms with Gasteiger partial charge >= 0.3 is 0 Å². The van der Waals surface area contributed by atoms with Gasteiger partial charge in [-0.05, 0) is 108 Å². The lowest BCUT2D eigenvalue weighted by molar-refractivity contribution is 1.17. The molecular weight excluding hydrogens is 681 g/mol. The number of hydrogen-bond donors (Lipinski definition) is 0. The first-order valence-electron chi connectivity index (χ1n) is 19.1. The first kappa shape index (κ1) is 31.9. The zero-order valence-corrected chi connectivity index (χ0v) is 30.6. The molecule has 2 aliphatic rings. The largest absolute Gasteiger partial charge is 0.306 e. The van der Waals surface area contributed by atoms with Gasteiger partial charge in [-0.2, -0.15) is 0 Å². The van der Waals surface area contributed by atoms with E-state index in [0.717, 1.165) is 79.4 Å². The minimum absolute atomic E-state index is 1.12. The number of fused-ring (bicyclic) bond motifs is 5. The highest BCUT2D eigenvalue weighted by Gasteiger charge is 2.33. The Kier molecular flexibility index (Phi) is 7.46. The van der Waals surface area contributed by atoms with Crippen LogP contribution in [0.25, 0.3) is 21.9 Å². The molecule has 11 rings (SSSR count). The van der Waals surface area contributed by atoms with Crippen molar-refractivity contribution >= 4 is 79.0 Å². The average molecular weight is 717 g/mol. The second-order valence-corrected chi connectivity index (χ2v) is 14.2. The number of benzene rings is 9. The van der Waals surface area contributed by atoms with E-state index in [1.807, 2.05) is 0 Å². The van der Waals surface area contributed by atoms with Crippen LogP contribution in [-0.2, 0) is 0 Å². The van der Waals surface area contributed by atoms with Crippen molar-refractivity contribution in [3.8, 4) is 11.1 Å². The second kappa shape index (κ2) is 13.1. The summed E-state index contributed by atoms with van der Waals surface area (Å²) < 4.78 is 0. The van der Waals surface area contributed by atoms with Gasteiger partial charge in [-0.1, -0.05) is 127 Å².